The molecule has 0 unspecified atom stereocenters. The van der Waals surface area contributed by atoms with E-state index >= 15 is 0 Å². The average molecular weight is 157 g/mol. The maximum Gasteiger partial charge on any atom is 1.00 e. The molecule has 0 radical (unpaired) electrons. The van der Waals surface area contributed by atoms with Crippen molar-refractivity contribution in [2.75, 3.05) is 20.1 Å². The molecular formula is C5H12KNO2. The van der Waals surface area contributed by atoms with Crippen LogP contribution in [0.5, 0.6) is 0 Å². The first-order valence-electron chi connectivity index (χ1n) is 2.57. The molecule has 9 heavy (non-hydrogen) atoms. The number of rotatable bonds is 3. The van der Waals surface area contributed by atoms with Crippen molar-refractivity contribution in [2.45, 2.75) is 6.92 Å². The Hall–Kier alpha value is 1.07. The predicted octanol–water partition coefficient (Wildman–Crippen LogP) is -2.86. The zero-order valence-electron chi connectivity index (χ0n) is 7.22. The van der Waals surface area contributed by atoms with Gasteiger partial charge in [-0.15, -0.1) is 0 Å². The van der Waals surface area contributed by atoms with Gasteiger partial charge < -0.3 is 6.53 Å². The fraction of sp³-hybridized carbons (Fsp3) is 0.800. The van der Waals surface area contributed by atoms with Crippen molar-refractivity contribution in [1.82, 2.24) is 4.90 Å². The zero-order chi connectivity index (χ0) is 6.57. The molecule has 0 saturated heterocycles. The molecule has 0 aliphatic rings. The second kappa shape index (κ2) is 7.18. The van der Waals surface area contributed by atoms with E-state index in [1.165, 1.54) is 0 Å². The molecule has 0 saturated carbocycles. The van der Waals surface area contributed by atoms with Gasteiger partial charge in [-0.1, -0.05) is 6.92 Å². The first kappa shape index (κ1) is 12.7. The molecule has 0 aliphatic carbocycles. The van der Waals surface area contributed by atoms with E-state index in [0.29, 0.717) is 0 Å². The predicted molar refractivity (Wildman–Crippen MR) is 31.9 cm³/mol. The molecule has 4 heteroatoms. The number of likely N-dealkylation sites (N-methyl/N-ethyl adjacent to an activating group) is 1. The number of aliphatic carboxylic acids is 1. The molecule has 0 heterocycles. The second-order valence-electron chi connectivity index (χ2n) is 1.72. The van der Waals surface area contributed by atoms with Crippen molar-refractivity contribution in [3.8, 4) is 0 Å². The Morgan fingerprint density at radius 2 is 2.22 bits per heavy atom. The van der Waals surface area contributed by atoms with Crippen LogP contribution < -0.4 is 51.4 Å². The smallest absolute Gasteiger partial charge is 1.00 e. The maximum absolute atomic E-state index is 9.93. The molecule has 0 rings (SSSR count). The maximum atomic E-state index is 9.93. The molecular weight excluding hydrogens is 145 g/mol. The summed E-state index contributed by atoms with van der Waals surface area (Å²) in [6.07, 6.45) is 0. The summed E-state index contributed by atoms with van der Waals surface area (Å²) >= 11 is 0. The van der Waals surface area contributed by atoms with Crippen LogP contribution in [0, 0.1) is 0 Å². The van der Waals surface area contributed by atoms with Gasteiger partial charge in [0.1, 0.15) is 0 Å². The van der Waals surface area contributed by atoms with E-state index in [0.717, 1.165) is 6.54 Å². The fourth-order valence-electron chi connectivity index (χ4n) is 0.343. The van der Waals surface area contributed by atoms with Crippen LogP contribution in [-0.4, -0.2) is 36.1 Å². The quantitative estimate of drug-likeness (QED) is 0.448. The standard InChI is InChI=1S/C5H11NO2.K.H/c1-3-6(2)4-5(7)8;;/h3-4H2,1-2H3,(H,7,8);;/q;+1;-1. The number of hydrogen-bond donors (Lipinski definition) is 1. The SMILES string of the molecule is CCN(C)CC(=O)O.[H-].[K+]. The Bertz CT molecular complexity index is 91.7. The number of carboxylic acid groups (broad SMARTS) is 1. The number of carbonyl (C=O) groups is 1. The van der Waals surface area contributed by atoms with Gasteiger partial charge in [0.25, 0.3) is 0 Å². The molecule has 0 atom stereocenters. The van der Waals surface area contributed by atoms with Crippen LogP contribution in [0.1, 0.15) is 8.35 Å². The van der Waals surface area contributed by atoms with E-state index in [1.807, 2.05) is 6.92 Å². The summed E-state index contributed by atoms with van der Waals surface area (Å²) in [5.41, 5.74) is 0. The Balaban J connectivity index is -0.000000245. The average Bonchev–Trinajstić information content (AvgIpc) is 1.65. The minimum absolute atomic E-state index is 0. The van der Waals surface area contributed by atoms with Gasteiger partial charge in [0.2, 0.25) is 0 Å². The van der Waals surface area contributed by atoms with E-state index in [-0.39, 0.29) is 59.4 Å². The number of carboxylic acids is 1. The fourth-order valence-corrected chi connectivity index (χ4v) is 0.343. The molecule has 0 bridgehead atoms. The molecule has 3 nitrogen and oxygen atoms in total. The Morgan fingerprint density at radius 3 is 2.33 bits per heavy atom. The van der Waals surface area contributed by atoms with Crippen LogP contribution in [-0.2, 0) is 4.79 Å². The van der Waals surface area contributed by atoms with Crippen LogP contribution in [0.25, 0.3) is 0 Å². The van der Waals surface area contributed by atoms with Gasteiger partial charge in [-0.25, -0.2) is 0 Å². The summed E-state index contributed by atoms with van der Waals surface area (Å²) in [4.78, 5) is 11.7. The summed E-state index contributed by atoms with van der Waals surface area (Å²) in [5, 5.41) is 8.17. The normalized spacial score (nSPS) is 8.78. The molecule has 0 amide bonds. The van der Waals surface area contributed by atoms with Crippen molar-refractivity contribution in [1.29, 1.82) is 0 Å². The van der Waals surface area contributed by atoms with Gasteiger partial charge in [0.15, 0.2) is 0 Å². The van der Waals surface area contributed by atoms with E-state index in [9.17, 15) is 4.79 Å². The molecule has 0 aliphatic heterocycles. The van der Waals surface area contributed by atoms with Crippen LogP contribution >= 0.6 is 0 Å². The third-order valence-corrected chi connectivity index (χ3v) is 0.945. The van der Waals surface area contributed by atoms with Crippen molar-refractivity contribution in [3.05, 3.63) is 0 Å². The van der Waals surface area contributed by atoms with E-state index in [1.54, 1.807) is 11.9 Å². The summed E-state index contributed by atoms with van der Waals surface area (Å²) in [6.45, 7) is 2.84. The minimum atomic E-state index is -0.769. The minimum Gasteiger partial charge on any atom is -1.00 e. The number of nitrogens with zero attached hydrogens (tertiary/aromatic N) is 1. The van der Waals surface area contributed by atoms with Crippen LogP contribution in [0.3, 0.4) is 0 Å². The molecule has 0 aromatic carbocycles. The Labute approximate surface area is 99.3 Å². The Kier molecular flexibility index (Phi) is 10.1. The first-order chi connectivity index (χ1) is 3.66. The third kappa shape index (κ3) is 9.07. The van der Waals surface area contributed by atoms with Crippen molar-refractivity contribution in [2.24, 2.45) is 0 Å². The van der Waals surface area contributed by atoms with Gasteiger partial charge in [-0.05, 0) is 13.6 Å². The summed E-state index contributed by atoms with van der Waals surface area (Å²) < 4.78 is 0. The van der Waals surface area contributed by atoms with Gasteiger partial charge in [-0.2, -0.15) is 0 Å². The molecule has 0 aromatic rings. The van der Waals surface area contributed by atoms with E-state index < -0.39 is 5.97 Å². The second-order valence-corrected chi connectivity index (χ2v) is 1.72. The topological polar surface area (TPSA) is 40.5 Å². The molecule has 0 spiro atoms. The summed E-state index contributed by atoms with van der Waals surface area (Å²) in [6, 6.07) is 0. The van der Waals surface area contributed by atoms with Crippen molar-refractivity contribution < 1.29 is 62.7 Å². The Morgan fingerprint density at radius 1 is 1.78 bits per heavy atom. The van der Waals surface area contributed by atoms with Crippen molar-refractivity contribution in [3.63, 3.8) is 0 Å². The zero-order valence-corrected chi connectivity index (χ0v) is 9.34. The molecule has 1 N–H and O–H groups in total. The first-order valence-corrected chi connectivity index (χ1v) is 2.57. The molecule has 0 fully saturated rings. The van der Waals surface area contributed by atoms with Crippen LogP contribution in [0.2, 0.25) is 0 Å². The monoisotopic (exact) mass is 157 g/mol. The number of hydrogen-bond acceptors (Lipinski definition) is 2. The van der Waals surface area contributed by atoms with Gasteiger partial charge in [0, 0.05) is 0 Å². The molecule has 0 aromatic heterocycles. The van der Waals surface area contributed by atoms with Gasteiger partial charge in [-0.3, -0.25) is 9.69 Å². The van der Waals surface area contributed by atoms with Crippen molar-refractivity contribution >= 4 is 5.97 Å². The largest absolute Gasteiger partial charge is 1.00 e. The molecule has 50 valence electrons. The van der Waals surface area contributed by atoms with E-state index in [2.05, 4.69) is 0 Å². The summed E-state index contributed by atoms with van der Waals surface area (Å²) in [7, 11) is 1.77. The van der Waals surface area contributed by atoms with Gasteiger partial charge >= 0.3 is 57.4 Å². The van der Waals surface area contributed by atoms with Crippen LogP contribution in [0.15, 0.2) is 0 Å². The summed E-state index contributed by atoms with van der Waals surface area (Å²) in [5.74, 6) is -0.769. The third-order valence-electron chi connectivity index (χ3n) is 0.945. The van der Waals surface area contributed by atoms with Gasteiger partial charge in [0.05, 0.1) is 6.54 Å². The van der Waals surface area contributed by atoms with E-state index in [4.69, 9.17) is 5.11 Å². The van der Waals surface area contributed by atoms with Crippen LogP contribution in [0.4, 0.5) is 0 Å².